The summed E-state index contributed by atoms with van der Waals surface area (Å²) in [5, 5.41) is 19.2. The number of hydrogen-bond acceptors (Lipinski definition) is 8. The second-order valence-electron chi connectivity index (χ2n) is 7.35. The van der Waals surface area contributed by atoms with Crippen LogP contribution in [0.25, 0.3) is 12.2 Å². The topological polar surface area (TPSA) is 119 Å². The number of allylic oxidation sites excluding steroid dienone is 2. The average molecular weight is 508 g/mol. The fraction of sp³-hybridized carbons (Fsp3) is 0.240. The summed E-state index contributed by atoms with van der Waals surface area (Å²) < 4.78 is 50.8. The van der Waals surface area contributed by atoms with Crippen LogP contribution in [0.2, 0.25) is 0 Å². The number of benzene rings is 2. The number of phenolic OH excluding ortho intramolecular Hbond substituents is 2. The molecule has 0 saturated heterocycles. The molecule has 0 aliphatic heterocycles. The van der Waals surface area contributed by atoms with Gasteiger partial charge in [-0.1, -0.05) is 24.3 Å². The van der Waals surface area contributed by atoms with E-state index in [0.29, 0.717) is 5.56 Å². The van der Waals surface area contributed by atoms with Gasteiger partial charge in [-0.2, -0.15) is 0 Å². The summed E-state index contributed by atoms with van der Waals surface area (Å²) in [5.74, 6) is -4.79. The fourth-order valence-electron chi connectivity index (χ4n) is 3.02. The predicted molar refractivity (Wildman–Crippen MR) is 122 cm³/mol. The Morgan fingerprint density at radius 1 is 0.889 bits per heavy atom. The van der Waals surface area contributed by atoms with Crippen LogP contribution in [0.3, 0.4) is 0 Å². The van der Waals surface area contributed by atoms with Crippen molar-refractivity contribution in [2.24, 2.45) is 5.92 Å². The smallest absolute Gasteiger partial charge is 0.504 e. The van der Waals surface area contributed by atoms with Gasteiger partial charge in [0.15, 0.2) is 34.6 Å². The van der Waals surface area contributed by atoms with E-state index in [9.17, 15) is 37.8 Å². The van der Waals surface area contributed by atoms with Gasteiger partial charge in [-0.15, -0.1) is 13.2 Å². The van der Waals surface area contributed by atoms with Gasteiger partial charge in [0, 0.05) is 6.42 Å². The molecular formula is C25H23F3O8. The first kappa shape index (κ1) is 28.0. The summed E-state index contributed by atoms with van der Waals surface area (Å²) in [6.45, 7) is 0. The van der Waals surface area contributed by atoms with E-state index in [1.807, 2.05) is 0 Å². The van der Waals surface area contributed by atoms with E-state index in [0.717, 1.165) is 37.5 Å². The lowest BCUT2D eigenvalue weighted by atomic mass is 9.92. The van der Waals surface area contributed by atoms with Gasteiger partial charge in [-0.3, -0.25) is 14.4 Å². The third-order valence-electron chi connectivity index (χ3n) is 4.85. The Bertz CT molecular complexity index is 1170. The number of carbonyl (C=O) groups excluding carboxylic acids is 3. The van der Waals surface area contributed by atoms with Gasteiger partial charge >= 0.3 is 12.3 Å². The standard InChI is InChI=1S/C25H23F3O8/c1-34-22-13-15(5-10-20(22)31)3-8-18(29)17(7-12-24(33)35-2)19(30)9-4-16-6-11-21(32)23(14-16)36-25(26,27)28/h3-6,8-11,13-14,17,31-32H,7,12H2,1-2H3/b8-3+,9-4+. The van der Waals surface area contributed by atoms with Gasteiger partial charge in [-0.25, -0.2) is 0 Å². The summed E-state index contributed by atoms with van der Waals surface area (Å²) in [4.78, 5) is 37.1. The molecule has 0 amide bonds. The van der Waals surface area contributed by atoms with E-state index in [2.05, 4.69) is 9.47 Å². The van der Waals surface area contributed by atoms with Crippen LogP contribution in [0, 0.1) is 5.92 Å². The second kappa shape index (κ2) is 12.4. The first-order chi connectivity index (χ1) is 16.9. The first-order valence-electron chi connectivity index (χ1n) is 10.4. The highest BCUT2D eigenvalue weighted by Crippen LogP contribution is 2.32. The van der Waals surface area contributed by atoms with E-state index < -0.39 is 41.3 Å². The molecule has 0 spiro atoms. The Balaban J connectivity index is 2.24. The van der Waals surface area contributed by atoms with Crippen LogP contribution in [-0.4, -0.2) is 48.3 Å². The van der Waals surface area contributed by atoms with Crippen LogP contribution in [0.4, 0.5) is 13.2 Å². The number of alkyl halides is 3. The van der Waals surface area contributed by atoms with E-state index in [-0.39, 0.29) is 29.9 Å². The van der Waals surface area contributed by atoms with Gasteiger partial charge in [0.2, 0.25) is 0 Å². The summed E-state index contributed by atoms with van der Waals surface area (Å²) in [6.07, 6.45) is -0.761. The van der Waals surface area contributed by atoms with Crippen molar-refractivity contribution in [3.8, 4) is 23.0 Å². The predicted octanol–water partition coefficient (Wildman–Crippen LogP) is 4.44. The summed E-state index contributed by atoms with van der Waals surface area (Å²) >= 11 is 0. The number of phenols is 2. The van der Waals surface area contributed by atoms with Gasteiger partial charge < -0.3 is 24.4 Å². The lowest BCUT2D eigenvalue weighted by Gasteiger charge is -2.11. The number of esters is 1. The number of aromatic hydroxyl groups is 2. The molecule has 2 N–H and O–H groups in total. The number of ketones is 2. The molecule has 0 heterocycles. The van der Waals surface area contributed by atoms with Gasteiger partial charge in [0.25, 0.3) is 0 Å². The molecule has 11 heteroatoms. The number of carbonyl (C=O) groups is 3. The minimum absolute atomic E-state index is 0.0892. The minimum atomic E-state index is -5.03. The maximum Gasteiger partial charge on any atom is 0.573 e. The third kappa shape index (κ3) is 8.49. The van der Waals surface area contributed by atoms with Crippen molar-refractivity contribution in [3.63, 3.8) is 0 Å². The molecule has 36 heavy (non-hydrogen) atoms. The molecule has 1 atom stereocenters. The minimum Gasteiger partial charge on any atom is -0.504 e. The van der Waals surface area contributed by atoms with Crippen molar-refractivity contribution in [1.29, 1.82) is 0 Å². The van der Waals surface area contributed by atoms with Gasteiger partial charge in [0.1, 0.15) is 0 Å². The van der Waals surface area contributed by atoms with E-state index in [1.54, 1.807) is 0 Å². The first-order valence-corrected chi connectivity index (χ1v) is 10.4. The number of hydrogen-bond donors (Lipinski definition) is 2. The van der Waals surface area contributed by atoms with Crippen molar-refractivity contribution >= 4 is 29.7 Å². The summed E-state index contributed by atoms with van der Waals surface area (Å²) in [7, 11) is 2.51. The Kier molecular flexibility index (Phi) is 9.66. The quantitative estimate of drug-likeness (QED) is 0.260. The Morgan fingerprint density at radius 2 is 1.39 bits per heavy atom. The van der Waals surface area contributed by atoms with Crippen LogP contribution in [0.5, 0.6) is 23.0 Å². The SMILES string of the molecule is COC(=O)CCC(C(=O)/C=C/c1ccc(O)c(OC)c1)C(=O)/C=C/c1ccc(O)c(OC(F)(F)F)c1. The van der Waals surface area contributed by atoms with Crippen LogP contribution in [-0.2, 0) is 19.1 Å². The maximum absolute atomic E-state index is 12.8. The van der Waals surface area contributed by atoms with E-state index in [4.69, 9.17) is 4.74 Å². The van der Waals surface area contributed by atoms with Crippen molar-refractivity contribution in [2.45, 2.75) is 19.2 Å². The molecule has 0 aliphatic rings. The number of ether oxygens (including phenoxy) is 3. The molecule has 192 valence electrons. The zero-order valence-corrected chi connectivity index (χ0v) is 19.2. The monoisotopic (exact) mass is 508 g/mol. The van der Waals surface area contributed by atoms with Crippen LogP contribution >= 0.6 is 0 Å². The van der Waals surface area contributed by atoms with Gasteiger partial charge in [-0.05, 0) is 54.0 Å². The van der Waals surface area contributed by atoms with E-state index in [1.165, 1.54) is 37.5 Å². The molecule has 2 rings (SSSR count). The number of halogens is 3. The molecule has 0 fully saturated rings. The lowest BCUT2D eigenvalue weighted by molar-refractivity contribution is -0.275. The van der Waals surface area contributed by atoms with Crippen molar-refractivity contribution in [1.82, 2.24) is 0 Å². The zero-order valence-electron chi connectivity index (χ0n) is 19.2. The molecule has 2 aromatic rings. The highest BCUT2D eigenvalue weighted by molar-refractivity contribution is 6.13. The Hall–Kier alpha value is -4.28. The van der Waals surface area contributed by atoms with Crippen molar-refractivity contribution in [2.75, 3.05) is 14.2 Å². The Morgan fingerprint density at radius 3 is 1.86 bits per heavy atom. The zero-order chi connectivity index (χ0) is 26.9. The van der Waals surface area contributed by atoms with Gasteiger partial charge in [0.05, 0.1) is 20.1 Å². The number of rotatable bonds is 11. The molecule has 0 saturated carbocycles. The number of methoxy groups -OCH3 is 2. The summed E-state index contributed by atoms with van der Waals surface area (Å²) in [6, 6.07) is 7.41. The van der Waals surface area contributed by atoms with Crippen LogP contribution in [0.1, 0.15) is 24.0 Å². The summed E-state index contributed by atoms with van der Waals surface area (Å²) in [5.41, 5.74) is 0.584. The molecule has 0 radical (unpaired) electrons. The average Bonchev–Trinajstić information content (AvgIpc) is 2.82. The van der Waals surface area contributed by atoms with Crippen LogP contribution in [0.15, 0.2) is 48.6 Å². The van der Waals surface area contributed by atoms with E-state index >= 15 is 0 Å². The normalized spacial score (nSPS) is 12.5. The molecule has 1 unspecified atom stereocenters. The Labute approximate surface area is 204 Å². The highest BCUT2D eigenvalue weighted by atomic mass is 19.4. The molecule has 2 aromatic carbocycles. The molecule has 0 aliphatic carbocycles. The van der Waals surface area contributed by atoms with Crippen molar-refractivity contribution in [3.05, 3.63) is 59.7 Å². The fourth-order valence-corrected chi connectivity index (χ4v) is 3.02. The molecule has 0 bridgehead atoms. The second-order valence-corrected chi connectivity index (χ2v) is 7.35. The lowest BCUT2D eigenvalue weighted by Crippen LogP contribution is -2.22. The largest absolute Gasteiger partial charge is 0.573 e. The highest BCUT2D eigenvalue weighted by Gasteiger charge is 2.32. The van der Waals surface area contributed by atoms with Crippen LogP contribution < -0.4 is 9.47 Å². The van der Waals surface area contributed by atoms with Crippen molar-refractivity contribution < 1.29 is 52.0 Å². The maximum atomic E-state index is 12.8. The molecule has 0 aromatic heterocycles. The molecular weight excluding hydrogens is 485 g/mol. The molecule has 8 nitrogen and oxygen atoms in total. The third-order valence-corrected chi connectivity index (χ3v) is 4.85.